The van der Waals surface area contributed by atoms with Gasteiger partial charge in [0.2, 0.25) is 0 Å². The number of ether oxygens (including phenoxy) is 1. The molecule has 0 heterocycles. The van der Waals surface area contributed by atoms with Crippen molar-refractivity contribution in [3.05, 3.63) is 53.1 Å². The van der Waals surface area contributed by atoms with E-state index in [2.05, 4.69) is 31.3 Å². The molecule has 2 aromatic rings. The topological polar surface area (TPSA) is 64.3 Å². The van der Waals surface area contributed by atoms with Gasteiger partial charge in [-0.15, -0.1) is 0 Å². The highest BCUT2D eigenvalue weighted by Crippen LogP contribution is 2.27. The van der Waals surface area contributed by atoms with Crippen LogP contribution in [0.5, 0.6) is 5.75 Å². The Kier molecular flexibility index (Phi) is 5.27. The third-order valence-electron chi connectivity index (χ3n) is 3.80. The minimum Gasteiger partial charge on any atom is -0.483 e. The molecule has 23 heavy (non-hydrogen) atoms. The number of nitrogens with two attached hydrogens (primary N) is 1. The second-order valence-corrected chi connectivity index (χ2v) is 6.05. The summed E-state index contributed by atoms with van der Waals surface area (Å²) in [7, 11) is 0. The number of nitrogens with one attached hydrogen (secondary N) is 1. The highest BCUT2D eigenvalue weighted by Gasteiger charge is 2.11. The summed E-state index contributed by atoms with van der Waals surface area (Å²) >= 11 is 0. The zero-order chi connectivity index (χ0) is 17.0. The van der Waals surface area contributed by atoms with Crippen molar-refractivity contribution >= 4 is 17.3 Å². The van der Waals surface area contributed by atoms with Crippen LogP contribution < -0.4 is 15.8 Å². The molecule has 2 aromatic carbocycles. The highest BCUT2D eigenvalue weighted by molar-refractivity contribution is 5.93. The molecule has 0 aliphatic carbocycles. The molecule has 0 unspecified atom stereocenters. The maximum atomic E-state index is 12.1. The number of rotatable bonds is 5. The lowest BCUT2D eigenvalue weighted by Crippen LogP contribution is -2.21. The maximum absolute atomic E-state index is 12.1. The van der Waals surface area contributed by atoms with Gasteiger partial charge in [0, 0.05) is 11.4 Å². The van der Waals surface area contributed by atoms with Crippen LogP contribution in [-0.2, 0) is 4.79 Å². The average molecular weight is 312 g/mol. The standard InChI is InChI=1S/C19H24N2O2/c1-12(2)15-9-8-13(3)10-18(15)23-11-19(22)21-17-7-5-6-16(20)14(17)4/h5-10,12H,11,20H2,1-4H3,(H,21,22). The summed E-state index contributed by atoms with van der Waals surface area (Å²) in [6.45, 7) is 8.06. The summed E-state index contributed by atoms with van der Waals surface area (Å²) in [6.07, 6.45) is 0. The fraction of sp³-hybridized carbons (Fsp3) is 0.316. The zero-order valence-corrected chi connectivity index (χ0v) is 14.1. The van der Waals surface area contributed by atoms with Gasteiger partial charge in [-0.25, -0.2) is 0 Å². The van der Waals surface area contributed by atoms with Crippen molar-refractivity contribution in [2.45, 2.75) is 33.6 Å². The van der Waals surface area contributed by atoms with Crippen molar-refractivity contribution < 1.29 is 9.53 Å². The van der Waals surface area contributed by atoms with Crippen molar-refractivity contribution in [2.24, 2.45) is 0 Å². The fourth-order valence-electron chi connectivity index (χ4n) is 2.36. The van der Waals surface area contributed by atoms with Crippen molar-refractivity contribution in [1.82, 2.24) is 0 Å². The molecule has 0 radical (unpaired) electrons. The minimum atomic E-state index is -0.199. The van der Waals surface area contributed by atoms with Crippen LogP contribution >= 0.6 is 0 Å². The molecule has 0 aliphatic heterocycles. The van der Waals surface area contributed by atoms with Crippen LogP contribution in [0.2, 0.25) is 0 Å². The number of anilines is 2. The molecule has 4 heteroatoms. The van der Waals surface area contributed by atoms with Crippen LogP contribution in [0.4, 0.5) is 11.4 Å². The van der Waals surface area contributed by atoms with Crippen LogP contribution in [0.1, 0.15) is 36.5 Å². The van der Waals surface area contributed by atoms with Crippen LogP contribution in [-0.4, -0.2) is 12.5 Å². The molecule has 0 aromatic heterocycles. The molecule has 0 bridgehead atoms. The first kappa shape index (κ1) is 16.9. The lowest BCUT2D eigenvalue weighted by molar-refractivity contribution is -0.118. The largest absolute Gasteiger partial charge is 0.483 e. The molecular weight excluding hydrogens is 288 g/mol. The molecule has 0 fully saturated rings. The summed E-state index contributed by atoms with van der Waals surface area (Å²) in [5.74, 6) is 0.902. The van der Waals surface area contributed by atoms with E-state index in [0.29, 0.717) is 17.3 Å². The maximum Gasteiger partial charge on any atom is 0.262 e. The number of aryl methyl sites for hydroxylation is 1. The predicted molar refractivity (Wildman–Crippen MR) is 95.0 cm³/mol. The monoisotopic (exact) mass is 312 g/mol. The number of benzene rings is 2. The number of amides is 1. The molecule has 0 saturated heterocycles. The van der Waals surface area contributed by atoms with Crippen LogP contribution in [0.15, 0.2) is 36.4 Å². The molecule has 1 amide bonds. The van der Waals surface area contributed by atoms with Crippen molar-refractivity contribution in [1.29, 1.82) is 0 Å². The number of carbonyl (C=O) groups is 1. The number of hydrogen-bond acceptors (Lipinski definition) is 3. The second kappa shape index (κ2) is 7.18. The van der Waals surface area contributed by atoms with E-state index in [4.69, 9.17) is 10.5 Å². The Bertz CT molecular complexity index is 709. The van der Waals surface area contributed by atoms with Crippen molar-refractivity contribution in [3.63, 3.8) is 0 Å². The summed E-state index contributed by atoms with van der Waals surface area (Å²) in [5.41, 5.74) is 10.3. The smallest absolute Gasteiger partial charge is 0.262 e. The Morgan fingerprint density at radius 2 is 1.96 bits per heavy atom. The Morgan fingerprint density at radius 3 is 2.65 bits per heavy atom. The molecule has 3 N–H and O–H groups in total. The van der Waals surface area contributed by atoms with Gasteiger partial charge in [-0.3, -0.25) is 4.79 Å². The molecule has 0 spiro atoms. The summed E-state index contributed by atoms with van der Waals surface area (Å²) in [6, 6.07) is 11.5. The van der Waals surface area contributed by atoms with Crippen LogP contribution in [0, 0.1) is 13.8 Å². The van der Waals surface area contributed by atoms with E-state index in [-0.39, 0.29) is 12.5 Å². The molecule has 122 valence electrons. The van der Waals surface area contributed by atoms with Gasteiger partial charge >= 0.3 is 0 Å². The van der Waals surface area contributed by atoms with Crippen molar-refractivity contribution in [2.75, 3.05) is 17.7 Å². The van der Waals surface area contributed by atoms with E-state index >= 15 is 0 Å². The third-order valence-corrected chi connectivity index (χ3v) is 3.80. The number of hydrogen-bond donors (Lipinski definition) is 2. The predicted octanol–water partition coefficient (Wildman–Crippen LogP) is 4.03. The normalized spacial score (nSPS) is 10.7. The summed E-state index contributed by atoms with van der Waals surface area (Å²) in [5, 5.41) is 2.84. The molecule has 2 rings (SSSR count). The van der Waals surface area contributed by atoms with Gasteiger partial charge in [-0.1, -0.05) is 32.0 Å². The lowest BCUT2D eigenvalue weighted by atomic mass is 10.0. The third kappa shape index (κ3) is 4.25. The SMILES string of the molecule is Cc1ccc(C(C)C)c(OCC(=O)Nc2cccc(N)c2C)c1. The van der Waals surface area contributed by atoms with E-state index in [0.717, 1.165) is 22.4 Å². The molecule has 0 aliphatic rings. The van der Waals surface area contributed by atoms with E-state index in [1.165, 1.54) is 0 Å². The van der Waals surface area contributed by atoms with Crippen LogP contribution in [0.3, 0.4) is 0 Å². The first-order valence-corrected chi connectivity index (χ1v) is 7.76. The van der Waals surface area contributed by atoms with Gasteiger partial charge in [-0.2, -0.15) is 0 Å². The first-order chi connectivity index (χ1) is 10.9. The second-order valence-electron chi connectivity index (χ2n) is 6.05. The van der Waals surface area contributed by atoms with Gasteiger partial charge in [0.25, 0.3) is 5.91 Å². The first-order valence-electron chi connectivity index (χ1n) is 7.76. The zero-order valence-electron chi connectivity index (χ0n) is 14.1. The van der Waals surface area contributed by atoms with E-state index < -0.39 is 0 Å². The number of carbonyl (C=O) groups excluding carboxylic acids is 1. The molecule has 4 nitrogen and oxygen atoms in total. The summed E-state index contributed by atoms with van der Waals surface area (Å²) in [4.78, 5) is 12.1. The van der Waals surface area contributed by atoms with E-state index in [1.54, 1.807) is 0 Å². The Morgan fingerprint density at radius 1 is 1.22 bits per heavy atom. The Hall–Kier alpha value is -2.49. The Labute approximate surface area is 137 Å². The molecule has 0 saturated carbocycles. The lowest BCUT2D eigenvalue weighted by Gasteiger charge is -2.15. The van der Waals surface area contributed by atoms with Gasteiger partial charge in [-0.05, 0) is 54.7 Å². The van der Waals surface area contributed by atoms with Gasteiger partial charge < -0.3 is 15.8 Å². The number of nitrogen functional groups attached to an aromatic ring is 1. The van der Waals surface area contributed by atoms with Gasteiger partial charge in [0.05, 0.1) is 0 Å². The minimum absolute atomic E-state index is 0.0303. The van der Waals surface area contributed by atoms with E-state index in [1.807, 2.05) is 38.1 Å². The summed E-state index contributed by atoms with van der Waals surface area (Å²) < 4.78 is 5.74. The quantitative estimate of drug-likeness (QED) is 0.819. The van der Waals surface area contributed by atoms with Gasteiger partial charge in [0.15, 0.2) is 6.61 Å². The van der Waals surface area contributed by atoms with Crippen LogP contribution in [0.25, 0.3) is 0 Å². The average Bonchev–Trinajstić information content (AvgIpc) is 2.49. The highest BCUT2D eigenvalue weighted by atomic mass is 16.5. The Balaban J connectivity index is 2.05. The molecular formula is C19H24N2O2. The molecule has 0 atom stereocenters. The van der Waals surface area contributed by atoms with E-state index in [9.17, 15) is 4.79 Å². The van der Waals surface area contributed by atoms with Gasteiger partial charge in [0.1, 0.15) is 5.75 Å². The van der Waals surface area contributed by atoms with Crippen molar-refractivity contribution in [3.8, 4) is 5.75 Å². The fourth-order valence-corrected chi connectivity index (χ4v) is 2.36.